The lowest BCUT2D eigenvalue weighted by Gasteiger charge is -2.22. The van der Waals surface area contributed by atoms with Crippen LogP contribution in [-0.2, 0) is 9.59 Å². The number of hydrogen-bond acceptors (Lipinski definition) is 3. The maximum absolute atomic E-state index is 12.7. The van der Waals surface area contributed by atoms with Crippen LogP contribution in [0.4, 0.5) is 0 Å². The van der Waals surface area contributed by atoms with Crippen molar-refractivity contribution in [1.82, 2.24) is 15.5 Å². The Kier molecular flexibility index (Phi) is 7.99. The number of nitrogens with one attached hydrogen (secondary N) is 2. The monoisotopic (exact) mass is 514 g/mol. The van der Waals surface area contributed by atoms with Crippen molar-refractivity contribution in [2.45, 2.75) is 51.4 Å². The molecule has 3 aliphatic carbocycles. The minimum Gasteiger partial charge on any atom is -0.356 e. The van der Waals surface area contributed by atoms with Gasteiger partial charge in [-0.2, -0.15) is 0 Å². The summed E-state index contributed by atoms with van der Waals surface area (Å²) in [6.45, 7) is 2.17. The number of rotatable bonds is 7. The average Bonchev–Trinajstić information content (AvgIpc) is 3.39. The fraction of sp³-hybridized carbons (Fsp3) is 0.773. The molecule has 0 aromatic heterocycles. The van der Waals surface area contributed by atoms with E-state index >= 15 is 0 Å². The van der Waals surface area contributed by atoms with Crippen LogP contribution in [0.2, 0.25) is 0 Å². The molecule has 0 radical (unpaired) electrons. The number of nitrogens with zero attached hydrogens (tertiary/aromatic N) is 2. The number of hydrogen-bond donors (Lipinski definition) is 2. The van der Waals surface area contributed by atoms with Crippen LogP contribution in [0.5, 0.6) is 0 Å². The van der Waals surface area contributed by atoms with Crippen LogP contribution in [-0.4, -0.2) is 49.4 Å². The van der Waals surface area contributed by atoms with Crippen molar-refractivity contribution in [1.29, 1.82) is 0 Å². The second kappa shape index (κ2) is 10.3. The number of likely N-dealkylation sites (tertiary alicyclic amines) is 1. The third kappa shape index (κ3) is 4.80. The van der Waals surface area contributed by atoms with Crippen LogP contribution >= 0.6 is 24.0 Å². The molecule has 1 heterocycles. The zero-order chi connectivity index (χ0) is 19.5. The molecule has 0 aromatic carbocycles. The van der Waals surface area contributed by atoms with E-state index in [1.165, 1.54) is 43.4 Å². The van der Waals surface area contributed by atoms with Crippen molar-refractivity contribution in [2.75, 3.05) is 26.7 Å². The van der Waals surface area contributed by atoms with Crippen LogP contribution in [0.25, 0.3) is 0 Å². The molecule has 4 unspecified atom stereocenters. The van der Waals surface area contributed by atoms with E-state index in [4.69, 9.17) is 0 Å². The van der Waals surface area contributed by atoms with E-state index in [0.717, 1.165) is 31.3 Å². The molecular formula is C22H35IN4O2. The standard InChI is InChI=1S/C22H34N4O2.HI/c1-23-22(25-12-10-15-6-3-2-4-7-15)24-11-5-13-26-20(27)18-16-8-9-17(14-16)19(18)21(26)28;/h8-9,15-19H,2-7,10-14H2,1H3,(H2,23,24,25);1H. The smallest absolute Gasteiger partial charge is 0.233 e. The van der Waals surface area contributed by atoms with E-state index in [1.54, 1.807) is 7.05 Å². The van der Waals surface area contributed by atoms with E-state index < -0.39 is 0 Å². The van der Waals surface area contributed by atoms with Crippen LogP contribution in [0.15, 0.2) is 17.1 Å². The number of carbonyl (C=O) groups excluding carboxylic acids is 2. The second-order valence-electron chi connectivity index (χ2n) is 8.90. The average molecular weight is 514 g/mol. The molecule has 2 N–H and O–H groups in total. The van der Waals surface area contributed by atoms with Gasteiger partial charge >= 0.3 is 0 Å². The zero-order valence-electron chi connectivity index (χ0n) is 17.4. The predicted molar refractivity (Wildman–Crippen MR) is 125 cm³/mol. The number of fused-ring (bicyclic) bond motifs is 5. The highest BCUT2D eigenvalue weighted by atomic mass is 127. The summed E-state index contributed by atoms with van der Waals surface area (Å²) in [5.41, 5.74) is 0. The first-order valence-electron chi connectivity index (χ1n) is 11.2. The minimum absolute atomic E-state index is 0. The fourth-order valence-electron chi connectivity index (χ4n) is 5.72. The normalized spacial score (nSPS) is 31.2. The summed E-state index contributed by atoms with van der Waals surface area (Å²) in [6.07, 6.45) is 14.1. The molecule has 0 aromatic rings. The van der Waals surface area contributed by atoms with Gasteiger partial charge in [0.2, 0.25) is 11.8 Å². The molecule has 2 amide bonds. The van der Waals surface area contributed by atoms with Crippen molar-refractivity contribution in [3.63, 3.8) is 0 Å². The van der Waals surface area contributed by atoms with Gasteiger partial charge < -0.3 is 10.6 Å². The third-order valence-electron chi connectivity index (χ3n) is 7.21. The van der Waals surface area contributed by atoms with Crippen molar-refractivity contribution in [3.8, 4) is 0 Å². The maximum Gasteiger partial charge on any atom is 0.233 e. The van der Waals surface area contributed by atoms with Gasteiger partial charge in [0.15, 0.2) is 5.96 Å². The Labute approximate surface area is 191 Å². The lowest BCUT2D eigenvalue weighted by molar-refractivity contribution is -0.140. The van der Waals surface area contributed by atoms with Crippen LogP contribution in [0.3, 0.4) is 0 Å². The molecule has 2 bridgehead atoms. The van der Waals surface area contributed by atoms with Crippen LogP contribution in [0.1, 0.15) is 51.4 Å². The molecule has 162 valence electrons. The highest BCUT2D eigenvalue weighted by molar-refractivity contribution is 14.0. The number of allylic oxidation sites excluding steroid dienone is 2. The minimum atomic E-state index is -0.0790. The molecule has 6 nitrogen and oxygen atoms in total. The van der Waals surface area contributed by atoms with Crippen molar-refractivity contribution in [2.24, 2.45) is 34.6 Å². The largest absolute Gasteiger partial charge is 0.356 e. The molecule has 29 heavy (non-hydrogen) atoms. The summed E-state index contributed by atoms with van der Waals surface area (Å²) in [4.78, 5) is 31.2. The van der Waals surface area contributed by atoms with Gasteiger partial charge in [-0.05, 0) is 37.0 Å². The molecule has 7 heteroatoms. The number of amides is 2. The summed E-state index contributed by atoms with van der Waals surface area (Å²) in [5, 5.41) is 6.72. The third-order valence-corrected chi connectivity index (χ3v) is 7.21. The summed E-state index contributed by atoms with van der Waals surface area (Å²) < 4.78 is 0. The Morgan fingerprint density at radius 1 is 1.03 bits per heavy atom. The van der Waals surface area contributed by atoms with Gasteiger partial charge in [0.05, 0.1) is 11.8 Å². The molecule has 0 spiro atoms. The summed E-state index contributed by atoms with van der Waals surface area (Å²) in [6, 6.07) is 0. The Morgan fingerprint density at radius 2 is 1.66 bits per heavy atom. The second-order valence-corrected chi connectivity index (χ2v) is 8.90. The van der Waals surface area contributed by atoms with Gasteiger partial charge in [-0.3, -0.25) is 19.5 Å². The highest BCUT2D eigenvalue weighted by Gasteiger charge is 2.58. The van der Waals surface area contributed by atoms with Crippen molar-refractivity contribution in [3.05, 3.63) is 12.2 Å². The fourth-order valence-corrected chi connectivity index (χ4v) is 5.72. The van der Waals surface area contributed by atoms with E-state index in [1.807, 2.05) is 0 Å². The number of halogens is 1. The first-order valence-corrected chi connectivity index (χ1v) is 11.2. The lowest BCUT2D eigenvalue weighted by atomic mass is 9.85. The molecular weight excluding hydrogens is 479 g/mol. The Bertz CT molecular complexity index is 629. The number of carbonyl (C=O) groups is 2. The maximum atomic E-state index is 12.7. The zero-order valence-corrected chi connectivity index (χ0v) is 19.8. The molecule has 4 atom stereocenters. The van der Waals surface area contributed by atoms with Gasteiger partial charge in [-0.1, -0.05) is 44.3 Å². The number of guanidine groups is 1. The van der Waals surface area contributed by atoms with E-state index in [-0.39, 0.29) is 47.6 Å². The van der Waals surface area contributed by atoms with Crippen LogP contribution < -0.4 is 10.6 Å². The van der Waals surface area contributed by atoms with Gasteiger partial charge in [-0.15, -0.1) is 24.0 Å². The first-order chi connectivity index (χ1) is 13.7. The summed E-state index contributed by atoms with van der Waals surface area (Å²) >= 11 is 0. The Balaban J connectivity index is 0.00000240. The predicted octanol–water partition coefficient (Wildman–Crippen LogP) is 2.94. The molecule has 4 rings (SSSR count). The number of imide groups is 1. The molecule has 1 aliphatic heterocycles. The highest BCUT2D eigenvalue weighted by Crippen LogP contribution is 2.52. The summed E-state index contributed by atoms with van der Waals surface area (Å²) in [7, 11) is 1.79. The molecule has 1 saturated heterocycles. The SMILES string of the molecule is CN=C(NCCCN1C(=O)C2C3C=CC(C3)C2C1=O)NCCC1CCCCC1.I. The molecule has 2 saturated carbocycles. The topological polar surface area (TPSA) is 73.8 Å². The van der Waals surface area contributed by atoms with Crippen molar-refractivity contribution < 1.29 is 9.59 Å². The Morgan fingerprint density at radius 3 is 2.28 bits per heavy atom. The lowest BCUT2D eigenvalue weighted by Crippen LogP contribution is -2.40. The summed E-state index contributed by atoms with van der Waals surface area (Å²) in [5.74, 6) is 2.21. The van der Waals surface area contributed by atoms with E-state index in [9.17, 15) is 9.59 Å². The van der Waals surface area contributed by atoms with Gasteiger partial charge in [0, 0.05) is 26.7 Å². The molecule has 3 fully saturated rings. The quantitative estimate of drug-likeness (QED) is 0.137. The molecule has 4 aliphatic rings. The van der Waals surface area contributed by atoms with Gasteiger partial charge in [0.25, 0.3) is 0 Å². The number of aliphatic imine (C=N–C) groups is 1. The van der Waals surface area contributed by atoms with Gasteiger partial charge in [-0.25, -0.2) is 0 Å². The first kappa shape index (κ1) is 22.6. The van der Waals surface area contributed by atoms with Crippen molar-refractivity contribution >= 4 is 41.8 Å². The van der Waals surface area contributed by atoms with E-state index in [0.29, 0.717) is 24.9 Å². The van der Waals surface area contributed by atoms with Crippen LogP contribution in [0, 0.1) is 29.6 Å². The Hall–Kier alpha value is -1.12. The van der Waals surface area contributed by atoms with Gasteiger partial charge in [0.1, 0.15) is 0 Å². The van der Waals surface area contributed by atoms with E-state index in [2.05, 4.69) is 27.8 Å².